The number of esters is 1. The van der Waals surface area contributed by atoms with E-state index in [2.05, 4.69) is 11.1 Å². The highest BCUT2D eigenvalue weighted by molar-refractivity contribution is 7.07. The lowest BCUT2D eigenvalue weighted by atomic mass is 9.95. The average molecular weight is 644 g/mol. The zero-order chi connectivity index (χ0) is 32.1. The quantitative estimate of drug-likeness (QED) is 0.215. The molecule has 230 valence electrons. The highest BCUT2D eigenvalue weighted by Crippen LogP contribution is 2.36. The normalized spacial score (nSPS) is 14.3. The van der Waals surface area contributed by atoms with Gasteiger partial charge in [0.1, 0.15) is 12.4 Å². The number of aromatic nitrogens is 1. The minimum absolute atomic E-state index is 0.166. The molecule has 1 atom stereocenters. The molecule has 9 nitrogen and oxygen atoms in total. The van der Waals surface area contributed by atoms with Gasteiger partial charge in [-0.2, -0.15) is 5.26 Å². The fourth-order valence-corrected chi connectivity index (χ4v) is 6.20. The highest BCUT2D eigenvalue weighted by Gasteiger charge is 2.34. The van der Waals surface area contributed by atoms with Crippen molar-refractivity contribution in [2.24, 2.45) is 4.99 Å². The molecule has 0 unspecified atom stereocenters. The van der Waals surface area contributed by atoms with Crippen LogP contribution in [0.2, 0.25) is 5.02 Å². The number of thiazole rings is 1. The Kier molecular flexibility index (Phi) is 9.71. The number of ether oxygens (including phenoxy) is 4. The van der Waals surface area contributed by atoms with Crippen LogP contribution in [0.5, 0.6) is 17.2 Å². The van der Waals surface area contributed by atoms with E-state index in [0.29, 0.717) is 60.6 Å². The molecule has 0 aliphatic carbocycles. The molecule has 2 heterocycles. The van der Waals surface area contributed by atoms with Crippen LogP contribution in [-0.2, 0) is 16.1 Å². The van der Waals surface area contributed by atoms with E-state index in [-0.39, 0.29) is 24.3 Å². The van der Waals surface area contributed by atoms with Crippen LogP contribution < -0.4 is 29.1 Å². The molecule has 0 amide bonds. The molecule has 0 saturated carbocycles. The van der Waals surface area contributed by atoms with Crippen molar-refractivity contribution in [1.82, 2.24) is 4.57 Å². The van der Waals surface area contributed by atoms with Gasteiger partial charge in [0.25, 0.3) is 5.56 Å². The van der Waals surface area contributed by atoms with Crippen molar-refractivity contribution in [2.45, 2.75) is 33.4 Å². The summed E-state index contributed by atoms with van der Waals surface area (Å²) in [5.41, 5.74) is 3.05. The molecule has 3 aromatic carbocycles. The first kappa shape index (κ1) is 31.6. The number of carbonyl (C=O) groups excluding carboxylic acids is 1. The van der Waals surface area contributed by atoms with Gasteiger partial charge < -0.3 is 18.9 Å². The van der Waals surface area contributed by atoms with E-state index in [0.717, 1.165) is 5.56 Å². The van der Waals surface area contributed by atoms with Gasteiger partial charge in [-0.15, -0.1) is 0 Å². The first-order chi connectivity index (χ1) is 21.8. The van der Waals surface area contributed by atoms with Crippen LogP contribution in [0.25, 0.3) is 6.08 Å². The highest BCUT2D eigenvalue weighted by atomic mass is 35.5. The lowest BCUT2D eigenvalue weighted by Crippen LogP contribution is -2.40. The van der Waals surface area contributed by atoms with Gasteiger partial charge in [-0.1, -0.05) is 41.1 Å². The predicted molar refractivity (Wildman–Crippen MR) is 172 cm³/mol. The fourth-order valence-electron chi connectivity index (χ4n) is 4.98. The number of rotatable bonds is 10. The SMILES string of the molecule is CCOC(=O)C1=C(C)N=c2s/c(=C/c3cc(Cl)ccc3OCc3ccc(C#N)cc3)c(=O)n2[C@H]1c1ccc(OC)c(OCC)c1. The summed E-state index contributed by atoms with van der Waals surface area (Å²) in [6.07, 6.45) is 1.71. The zero-order valence-electron chi connectivity index (χ0n) is 25.1. The number of hydrogen-bond donors (Lipinski definition) is 0. The molecule has 11 heteroatoms. The van der Waals surface area contributed by atoms with E-state index in [1.54, 1.807) is 75.6 Å². The molecule has 1 aliphatic rings. The summed E-state index contributed by atoms with van der Waals surface area (Å²) in [6.45, 7) is 6.13. The summed E-state index contributed by atoms with van der Waals surface area (Å²) >= 11 is 7.56. The molecule has 0 bridgehead atoms. The van der Waals surface area contributed by atoms with Gasteiger partial charge in [0.15, 0.2) is 16.3 Å². The van der Waals surface area contributed by atoms with Crippen LogP contribution in [0, 0.1) is 11.3 Å². The second-order valence-corrected chi connectivity index (χ2v) is 11.4. The Morgan fingerprint density at radius 1 is 1.04 bits per heavy atom. The van der Waals surface area contributed by atoms with Gasteiger partial charge in [-0.05, 0) is 80.4 Å². The maximum atomic E-state index is 14.2. The molecule has 0 fully saturated rings. The Morgan fingerprint density at radius 3 is 2.49 bits per heavy atom. The number of methoxy groups -OCH3 is 1. The van der Waals surface area contributed by atoms with E-state index >= 15 is 0 Å². The van der Waals surface area contributed by atoms with Gasteiger partial charge in [0.05, 0.1) is 53.8 Å². The van der Waals surface area contributed by atoms with Crippen LogP contribution in [0.15, 0.2) is 81.7 Å². The minimum Gasteiger partial charge on any atom is -0.493 e. The molecule has 1 aromatic heterocycles. The number of hydrogen-bond acceptors (Lipinski definition) is 9. The number of benzene rings is 3. The summed E-state index contributed by atoms with van der Waals surface area (Å²) in [5.74, 6) is 0.979. The van der Waals surface area contributed by atoms with Crippen molar-refractivity contribution in [3.8, 4) is 23.3 Å². The Labute approximate surface area is 268 Å². The molecule has 0 radical (unpaired) electrons. The van der Waals surface area contributed by atoms with E-state index < -0.39 is 12.0 Å². The van der Waals surface area contributed by atoms with E-state index in [1.165, 1.54) is 15.9 Å². The number of nitriles is 1. The van der Waals surface area contributed by atoms with E-state index in [9.17, 15) is 9.59 Å². The maximum absolute atomic E-state index is 14.2. The van der Waals surface area contributed by atoms with Crippen LogP contribution >= 0.6 is 22.9 Å². The van der Waals surface area contributed by atoms with Gasteiger partial charge in [0, 0.05) is 10.6 Å². The monoisotopic (exact) mass is 643 g/mol. The lowest BCUT2D eigenvalue weighted by Gasteiger charge is -2.25. The number of nitrogens with zero attached hydrogens (tertiary/aromatic N) is 3. The zero-order valence-corrected chi connectivity index (χ0v) is 26.7. The van der Waals surface area contributed by atoms with Crippen molar-refractivity contribution < 1.29 is 23.7 Å². The maximum Gasteiger partial charge on any atom is 0.338 e. The molecular weight excluding hydrogens is 614 g/mol. The van der Waals surface area contributed by atoms with Crippen molar-refractivity contribution in [1.29, 1.82) is 5.26 Å². The number of fused-ring (bicyclic) bond motifs is 1. The summed E-state index contributed by atoms with van der Waals surface area (Å²) < 4.78 is 24.7. The van der Waals surface area contributed by atoms with Gasteiger partial charge in [-0.3, -0.25) is 9.36 Å². The second kappa shape index (κ2) is 13.8. The lowest BCUT2D eigenvalue weighted by molar-refractivity contribution is -0.139. The third-order valence-corrected chi connectivity index (χ3v) is 8.27. The first-order valence-corrected chi connectivity index (χ1v) is 15.4. The summed E-state index contributed by atoms with van der Waals surface area (Å²) in [6, 6.07) is 18.9. The Morgan fingerprint density at radius 2 is 1.80 bits per heavy atom. The van der Waals surface area contributed by atoms with Crippen molar-refractivity contribution in [3.05, 3.63) is 119 Å². The molecule has 45 heavy (non-hydrogen) atoms. The third-order valence-electron chi connectivity index (χ3n) is 7.06. The van der Waals surface area contributed by atoms with Crippen LogP contribution in [0.4, 0.5) is 0 Å². The predicted octanol–water partition coefficient (Wildman–Crippen LogP) is 5.31. The van der Waals surface area contributed by atoms with E-state index in [4.69, 9.17) is 35.8 Å². The van der Waals surface area contributed by atoms with Crippen LogP contribution in [0.3, 0.4) is 0 Å². The van der Waals surface area contributed by atoms with Crippen molar-refractivity contribution in [2.75, 3.05) is 20.3 Å². The minimum atomic E-state index is -0.820. The Hall–Kier alpha value is -4.85. The Balaban J connectivity index is 1.62. The topological polar surface area (TPSA) is 112 Å². The van der Waals surface area contributed by atoms with Gasteiger partial charge in [0.2, 0.25) is 0 Å². The largest absolute Gasteiger partial charge is 0.493 e. The molecule has 0 saturated heterocycles. The summed E-state index contributed by atoms with van der Waals surface area (Å²) in [4.78, 5) is 32.5. The number of allylic oxidation sites excluding steroid dienone is 1. The van der Waals surface area contributed by atoms with Crippen LogP contribution in [-0.4, -0.2) is 30.9 Å². The molecule has 5 rings (SSSR count). The molecule has 0 N–H and O–H groups in total. The van der Waals surface area contributed by atoms with Crippen LogP contribution in [0.1, 0.15) is 49.1 Å². The fraction of sp³-hybridized carbons (Fsp3) is 0.235. The summed E-state index contributed by atoms with van der Waals surface area (Å²) in [5, 5.41) is 9.54. The van der Waals surface area contributed by atoms with Crippen molar-refractivity contribution >= 4 is 35.0 Å². The number of halogens is 1. The first-order valence-electron chi connectivity index (χ1n) is 14.2. The second-order valence-electron chi connectivity index (χ2n) is 9.93. The molecular formula is C34H30ClN3O6S. The summed E-state index contributed by atoms with van der Waals surface area (Å²) in [7, 11) is 1.55. The third kappa shape index (κ3) is 6.65. The molecule has 0 spiro atoms. The average Bonchev–Trinajstić information content (AvgIpc) is 3.34. The van der Waals surface area contributed by atoms with Gasteiger partial charge in [-0.25, -0.2) is 9.79 Å². The molecule has 1 aliphatic heterocycles. The smallest absolute Gasteiger partial charge is 0.338 e. The standard InChI is InChI=1S/C34H30ClN3O6S/c1-5-42-28-16-23(11-13-27(28)41-4)31-30(33(40)43-6-2)20(3)37-34-38(31)32(39)29(45-34)17-24-15-25(35)12-14-26(24)44-19-22-9-7-21(18-36)8-10-22/h7-17,31H,5-6,19H2,1-4H3/b29-17+/t31-/m0/s1. The number of carbonyl (C=O) groups is 1. The Bertz CT molecular complexity index is 2010. The van der Waals surface area contributed by atoms with Gasteiger partial charge >= 0.3 is 5.97 Å². The molecule has 4 aromatic rings. The van der Waals surface area contributed by atoms with Crippen molar-refractivity contribution in [3.63, 3.8) is 0 Å². The van der Waals surface area contributed by atoms with E-state index in [1.807, 2.05) is 19.1 Å².